The van der Waals surface area contributed by atoms with Crippen molar-refractivity contribution in [2.75, 3.05) is 6.54 Å². The van der Waals surface area contributed by atoms with Crippen molar-refractivity contribution >= 4 is 0 Å². The van der Waals surface area contributed by atoms with E-state index in [9.17, 15) is 0 Å². The average molecular weight is 128 g/mol. The van der Waals surface area contributed by atoms with Gasteiger partial charge in [0.1, 0.15) is 0 Å². The molecule has 0 aliphatic rings. The first kappa shape index (κ1) is 8.50. The van der Waals surface area contributed by atoms with Gasteiger partial charge in [0.25, 0.3) is 0 Å². The number of rotatable bonds is 3. The van der Waals surface area contributed by atoms with Crippen LogP contribution in [0.3, 0.4) is 0 Å². The van der Waals surface area contributed by atoms with Gasteiger partial charge in [-0.2, -0.15) is 0 Å². The third-order valence-corrected chi connectivity index (χ3v) is 1.15. The highest BCUT2D eigenvalue weighted by atomic mass is 15.0. The van der Waals surface area contributed by atoms with Crippen LogP contribution in [0.2, 0.25) is 0 Å². The Bertz CT molecular complexity index is 95.1. The van der Waals surface area contributed by atoms with E-state index in [2.05, 4.69) is 19.2 Å². The van der Waals surface area contributed by atoms with Crippen LogP contribution in [0.4, 0.5) is 0 Å². The van der Waals surface area contributed by atoms with Crippen LogP contribution in [0.15, 0.2) is 12.3 Å². The topological polar surface area (TPSA) is 38.0 Å². The molecule has 0 saturated carbocycles. The molecule has 2 nitrogen and oxygen atoms in total. The summed E-state index contributed by atoms with van der Waals surface area (Å²) in [6.07, 6.45) is 3.87. The molecule has 0 fully saturated rings. The second kappa shape index (κ2) is 3.51. The largest absolute Gasteiger partial charge is 0.385 e. The lowest BCUT2D eigenvalue weighted by Gasteiger charge is -2.22. The van der Waals surface area contributed by atoms with Crippen LogP contribution < -0.4 is 11.1 Å². The molecule has 0 aliphatic carbocycles. The van der Waals surface area contributed by atoms with Crippen LogP contribution in [0.25, 0.3) is 0 Å². The molecule has 0 amide bonds. The van der Waals surface area contributed by atoms with E-state index in [4.69, 9.17) is 5.73 Å². The van der Waals surface area contributed by atoms with E-state index in [1.54, 1.807) is 0 Å². The van der Waals surface area contributed by atoms with Crippen molar-refractivity contribution in [3.8, 4) is 0 Å². The Morgan fingerprint density at radius 3 is 2.44 bits per heavy atom. The van der Waals surface area contributed by atoms with Gasteiger partial charge in [-0.1, -0.05) is 6.08 Å². The van der Waals surface area contributed by atoms with Gasteiger partial charge in [-0.25, -0.2) is 0 Å². The third-order valence-electron chi connectivity index (χ3n) is 1.15. The molecule has 0 aromatic rings. The highest BCUT2D eigenvalue weighted by Gasteiger charge is 2.10. The summed E-state index contributed by atoms with van der Waals surface area (Å²) in [5, 5.41) is 3.15. The molecule has 2 heteroatoms. The lowest BCUT2D eigenvalue weighted by atomic mass is 10.1. The zero-order valence-corrected chi connectivity index (χ0v) is 6.44. The average Bonchev–Trinajstić information content (AvgIpc) is 1.84. The molecular formula is C7H16N2. The summed E-state index contributed by atoms with van der Waals surface area (Å²) < 4.78 is 0. The van der Waals surface area contributed by atoms with Gasteiger partial charge in [0, 0.05) is 12.1 Å². The minimum Gasteiger partial charge on any atom is -0.385 e. The first-order valence-electron chi connectivity index (χ1n) is 3.21. The van der Waals surface area contributed by atoms with Crippen molar-refractivity contribution in [2.24, 2.45) is 5.73 Å². The normalized spacial score (nSPS) is 12.4. The number of nitrogens with one attached hydrogen (secondary N) is 1. The monoisotopic (exact) mass is 128 g/mol. The van der Waals surface area contributed by atoms with E-state index in [0.717, 1.165) is 0 Å². The van der Waals surface area contributed by atoms with Crippen molar-refractivity contribution in [3.05, 3.63) is 12.3 Å². The van der Waals surface area contributed by atoms with Gasteiger partial charge in [0.05, 0.1) is 0 Å². The number of hydrogen-bond acceptors (Lipinski definition) is 2. The molecule has 0 aromatic carbocycles. The maximum absolute atomic E-state index is 5.45. The minimum absolute atomic E-state index is 0.0342. The first-order valence-corrected chi connectivity index (χ1v) is 3.21. The maximum atomic E-state index is 5.45. The van der Waals surface area contributed by atoms with Gasteiger partial charge >= 0.3 is 0 Å². The Hall–Kier alpha value is -0.500. The van der Waals surface area contributed by atoms with Crippen molar-refractivity contribution in [1.82, 2.24) is 5.32 Å². The fourth-order valence-corrected chi connectivity index (χ4v) is 0.368. The van der Waals surface area contributed by atoms with E-state index in [1.807, 2.05) is 19.2 Å². The highest BCUT2D eigenvalue weighted by molar-refractivity contribution is 4.86. The summed E-state index contributed by atoms with van der Waals surface area (Å²) >= 11 is 0. The first-order chi connectivity index (χ1) is 4.12. The molecule has 0 aliphatic heterocycles. The molecule has 0 aromatic heterocycles. The minimum atomic E-state index is 0.0342. The molecule has 0 atom stereocenters. The maximum Gasteiger partial charge on any atom is 0.0434 e. The fourth-order valence-electron chi connectivity index (χ4n) is 0.368. The second-order valence-corrected chi connectivity index (χ2v) is 2.73. The lowest BCUT2D eigenvalue weighted by Crippen LogP contribution is -2.42. The molecule has 0 spiro atoms. The zero-order chi connectivity index (χ0) is 7.33. The van der Waals surface area contributed by atoms with Gasteiger partial charge in [-0.05, 0) is 27.0 Å². The quantitative estimate of drug-likeness (QED) is 0.591. The molecule has 0 unspecified atom stereocenters. The molecule has 0 saturated heterocycles. The molecule has 3 N–H and O–H groups in total. The molecule has 54 valence electrons. The van der Waals surface area contributed by atoms with Crippen molar-refractivity contribution < 1.29 is 0 Å². The smallest absolute Gasteiger partial charge is 0.0434 e. The molecule has 0 rings (SSSR count). The Kier molecular flexibility index (Phi) is 3.32. The summed E-state index contributed by atoms with van der Waals surface area (Å²) in [4.78, 5) is 0. The highest BCUT2D eigenvalue weighted by Crippen LogP contribution is 1.96. The number of hydrogen-bond donors (Lipinski definition) is 2. The SMILES string of the molecule is C/C=C\NC(C)(C)CN. The van der Waals surface area contributed by atoms with E-state index in [-0.39, 0.29) is 5.54 Å². The van der Waals surface area contributed by atoms with Gasteiger partial charge in [0.2, 0.25) is 0 Å². The Morgan fingerprint density at radius 1 is 1.56 bits per heavy atom. The van der Waals surface area contributed by atoms with Crippen LogP contribution in [0.1, 0.15) is 20.8 Å². The van der Waals surface area contributed by atoms with E-state index < -0.39 is 0 Å². The van der Waals surface area contributed by atoms with Gasteiger partial charge in [-0.15, -0.1) is 0 Å². The van der Waals surface area contributed by atoms with Crippen LogP contribution in [-0.4, -0.2) is 12.1 Å². The van der Waals surface area contributed by atoms with Crippen LogP contribution >= 0.6 is 0 Å². The fraction of sp³-hybridized carbons (Fsp3) is 0.714. The second-order valence-electron chi connectivity index (χ2n) is 2.73. The Balaban J connectivity index is 3.58. The van der Waals surface area contributed by atoms with Crippen molar-refractivity contribution in [2.45, 2.75) is 26.3 Å². The van der Waals surface area contributed by atoms with E-state index in [1.165, 1.54) is 0 Å². The standard InChI is InChI=1S/C7H16N2/c1-4-5-9-7(2,3)6-8/h4-5,9H,6,8H2,1-3H3/b5-4-. The summed E-state index contributed by atoms with van der Waals surface area (Å²) in [5.41, 5.74) is 5.48. The van der Waals surface area contributed by atoms with Crippen LogP contribution in [0.5, 0.6) is 0 Å². The third kappa shape index (κ3) is 4.03. The van der Waals surface area contributed by atoms with Gasteiger partial charge < -0.3 is 11.1 Å². The molecule has 0 radical (unpaired) electrons. The molecule has 0 bridgehead atoms. The predicted octanol–water partition coefficient (Wildman–Crippen LogP) is 0.847. The lowest BCUT2D eigenvalue weighted by molar-refractivity contribution is 0.455. The zero-order valence-electron chi connectivity index (χ0n) is 6.44. The summed E-state index contributed by atoms with van der Waals surface area (Å²) in [5.74, 6) is 0. The number of nitrogens with two attached hydrogens (primary N) is 1. The molecular weight excluding hydrogens is 112 g/mol. The molecule has 9 heavy (non-hydrogen) atoms. The Labute approximate surface area is 57.1 Å². The van der Waals surface area contributed by atoms with Crippen LogP contribution in [-0.2, 0) is 0 Å². The Morgan fingerprint density at radius 2 is 2.11 bits per heavy atom. The summed E-state index contributed by atoms with van der Waals surface area (Å²) in [6.45, 7) is 6.75. The predicted molar refractivity (Wildman–Crippen MR) is 41.1 cm³/mol. The summed E-state index contributed by atoms with van der Waals surface area (Å²) in [7, 11) is 0. The number of allylic oxidation sites excluding steroid dienone is 1. The van der Waals surface area contributed by atoms with Gasteiger partial charge in [0.15, 0.2) is 0 Å². The summed E-state index contributed by atoms with van der Waals surface area (Å²) in [6, 6.07) is 0. The van der Waals surface area contributed by atoms with Crippen molar-refractivity contribution in [3.63, 3.8) is 0 Å². The van der Waals surface area contributed by atoms with Crippen LogP contribution in [0, 0.1) is 0 Å². The van der Waals surface area contributed by atoms with E-state index >= 15 is 0 Å². The van der Waals surface area contributed by atoms with Gasteiger partial charge in [-0.3, -0.25) is 0 Å². The van der Waals surface area contributed by atoms with Crippen molar-refractivity contribution in [1.29, 1.82) is 0 Å². The van der Waals surface area contributed by atoms with E-state index in [0.29, 0.717) is 6.54 Å². The molecule has 0 heterocycles.